The molecule has 26 heavy (non-hydrogen) atoms. The zero-order valence-corrected chi connectivity index (χ0v) is 18.2. The van der Waals surface area contributed by atoms with Crippen molar-refractivity contribution < 1.29 is 18.7 Å². The van der Waals surface area contributed by atoms with Crippen molar-refractivity contribution in [3.05, 3.63) is 12.3 Å². The van der Waals surface area contributed by atoms with Gasteiger partial charge in [-0.25, -0.2) is 4.98 Å². The summed E-state index contributed by atoms with van der Waals surface area (Å²) in [7, 11) is -2.04. The number of methoxy groups -OCH3 is 1. The number of carbonyl (C=O) groups is 1. The van der Waals surface area contributed by atoms with E-state index < -0.39 is 24.5 Å². The first-order valence-electron chi connectivity index (χ1n) is 8.24. The normalized spacial score (nSPS) is 12.5. The van der Waals surface area contributed by atoms with Gasteiger partial charge >= 0.3 is 5.97 Å². The summed E-state index contributed by atoms with van der Waals surface area (Å²) in [5.74, 6) is -0.270. The fraction of sp³-hybridized carbons (Fsp3) is 0.588. The van der Waals surface area contributed by atoms with Gasteiger partial charge in [0.1, 0.15) is 18.1 Å². The molecule has 1 heterocycles. The van der Waals surface area contributed by atoms with Crippen LogP contribution >= 0.6 is 12.2 Å². The number of hydrogen-bond donors (Lipinski definition) is 3. The van der Waals surface area contributed by atoms with Gasteiger partial charge in [-0.1, -0.05) is 41.5 Å². The molecule has 0 spiro atoms. The molecule has 0 fully saturated rings. The lowest BCUT2D eigenvalue weighted by molar-refractivity contribution is -0.135. The van der Waals surface area contributed by atoms with Crippen LogP contribution in [0, 0.1) is 0 Å². The summed E-state index contributed by atoms with van der Waals surface area (Å²) in [6.45, 7) is 11.1. The van der Waals surface area contributed by atoms with E-state index >= 15 is 4.11 Å². The van der Waals surface area contributed by atoms with Crippen LogP contribution in [0.4, 0.5) is 9.93 Å². The topological polar surface area (TPSA) is 83.5 Å². The Labute approximate surface area is 160 Å². The summed E-state index contributed by atoms with van der Waals surface area (Å²) < 4.78 is 21.9. The van der Waals surface area contributed by atoms with Crippen LogP contribution in [0.2, 0.25) is 10.1 Å². The number of rotatable bonds is 5. The molecule has 9 heteroatoms. The van der Waals surface area contributed by atoms with Gasteiger partial charge in [0.2, 0.25) is 0 Å². The van der Waals surface area contributed by atoms with E-state index in [0.717, 1.165) is 0 Å². The second-order valence-corrected chi connectivity index (χ2v) is 13.4. The van der Waals surface area contributed by atoms with Crippen molar-refractivity contribution >= 4 is 42.7 Å². The molecule has 0 saturated heterocycles. The van der Waals surface area contributed by atoms with Gasteiger partial charge in [0, 0.05) is 17.4 Å². The third kappa shape index (κ3) is 4.70. The molecule has 0 bridgehead atoms. The van der Waals surface area contributed by atoms with Gasteiger partial charge in [0.05, 0.1) is 7.11 Å². The predicted octanol–water partition coefficient (Wildman–Crippen LogP) is 3.18. The van der Waals surface area contributed by atoms with E-state index in [1.807, 2.05) is 41.5 Å². The lowest BCUT2D eigenvalue weighted by Crippen LogP contribution is -2.58. The molecule has 0 amide bonds. The molecule has 0 aliphatic heterocycles. The SMILES string of the molecule is COc1cc(NC(=S)NCC(=O)O)ncc1[Si](F)(C(C)(C)C)C(C)(C)C. The highest BCUT2D eigenvalue weighted by Crippen LogP contribution is 2.52. The zero-order chi connectivity index (χ0) is 20.3. The zero-order valence-electron chi connectivity index (χ0n) is 16.4. The Kier molecular flexibility index (Phi) is 6.75. The Bertz CT molecular complexity index is 673. The summed E-state index contributed by atoms with van der Waals surface area (Å²) in [5.41, 5.74) is 0. The fourth-order valence-corrected chi connectivity index (χ4v) is 7.98. The summed E-state index contributed by atoms with van der Waals surface area (Å²) in [4.78, 5) is 14.9. The van der Waals surface area contributed by atoms with Crippen LogP contribution in [-0.4, -0.2) is 43.2 Å². The van der Waals surface area contributed by atoms with Gasteiger partial charge in [0.25, 0.3) is 8.41 Å². The molecule has 0 unspecified atom stereocenters. The van der Waals surface area contributed by atoms with E-state index in [2.05, 4.69) is 15.6 Å². The summed E-state index contributed by atoms with van der Waals surface area (Å²) in [6.07, 6.45) is 1.50. The number of halogens is 1. The van der Waals surface area contributed by atoms with Gasteiger partial charge in [-0.3, -0.25) is 4.79 Å². The number of nitrogens with zero attached hydrogens (tertiary/aromatic N) is 1. The Hall–Kier alpha value is -1.74. The molecule has 0 radical (unpaired) electrons. The van der Waals surface area contributed by atoms with Crippen molar-refractivity contribution in [2.24, 2.45) is 0 Å². The Morgan fingerprint density at radius 3 is 2.27 bits per heavy atom. The highest BCUT2D eigenvalue weighted by molar-refractivity contribution is 7.80. The van der Waals surface area contributed by atoms with Crippen LogP contribution in [0.25, 0.3) is 0 Å². The number of carboxylic acid groups (broad SMARTS) is 1. The van der Waals surface area contributed by atoms with E-state index in [0.29, 0.717) is 16.8 Å². The third-order valence-electron chi connectivity index (χ3n) is 4.17. The molecule has 0 aliphatic carbocycles. The largest absolute Gasteiger partial charge is 0.497 e. The number of anilines is 1. The number of hydrogen-bond acceptors (Lipinski definition) is 4. The Balaban J connectivity index is 3.27. The summed E-state index contributed by atoms with van der Waals surface area (Å²) in [6, 6.07) is 1.59. The number of aromatic nitrogens is 1. The first-order valence-corrected chi connectivity index (χ1v) is 10.5. The van der Waals surface area contributed by atoms with Crippen molar-refractivity contribution in [3.63, 3.8) is 0 Å². The van der Waals surface area contributed by atoms with Crippen LogP contribution in [-0.2, 0) is 4.79 Å². The molecule has 1 aromatic rings. The molecule has 6 nitrogen and oxygen atoms in total. The minimum absolute atomic E-state index is 0.116. The molecular formula is C17H28FN3O3SSi. The molecule has 0 aromatic carbocycles. The molecule has 0 aliphatic rings. The van der Waals surface area contributed by atoms with Crippen LogP contribution < -0.4 is 20.6 Å². The second kappa shape index (κ2) is 7.87. The van der Waals surface area contributed by atoms with E-state index in [1.54, 1.807) is 6.07 Å². The molecule has 146 valence electrons. The molecule has 1 aromatic heterocycles. The maximum atomic E-state index is 16.5. The van der Waals surface area contributed by atoms with Gasteiger partial charge in [0.15, 0.2) is 5.11 Å². The van der Waals surface area contributed by atoms with Gasteiger partial charge < -0.3 is 24.6 Å². The molecule has 1 rings (SSSR count). The van der Waals surface area contributed by atoms with Gasteiger partial charge in [-0.05, 0) is 22.3 Å². The van der Waals surface area contributed by atoms with E-state index in [9.17, 15) is 4.79 Å². The lowest BCUT2D eigenvalue weighted by atomic mass is 10.2. The van der Waals surface area contributed by atoms with E-state index in [1.165, 1.54) is 13.3 Å². The summed E-state index contributed by atoms with van der Waals surface area (Å²) in [5, 5.41) is 13.5. The highest BCUT2D eigenvalue weighted by atomic mass is 32.1. The summed E-state index contributed by atoms with van der Waals surface area (Å²) >= 11 is 5.03. The number of ether oxygens (including phenoxy) is 1. The Morgan fingerprint density at radius 2 is 1.85 bits per heavy atom. The van der Waals surface area contributed by atoms with E-state index in [4.69, 9.17) is 22.1 Å². The number of pyridine rings is 1. The highest BCUT2D eigenvalue weighted by Gasteiger charge is 2.58. The van der Waals surface area contributed by atoms with Crippen molar-refractivity contribution in [1.29, 1.82) is 0 Å². The number of thiocarbonyl (C=S) groups is 1. The monoisotopic (exact) mass is 401 g/mol. The average Bonchev–Trinajstić information content (AvgIpc) is 2.49. The molecule has 0 saturated carbocycles. The van der Waals surface area contributed by atoms with E-state index in [-0.39, 0.29) is 11.7 Å². The maximum Gasteiger partial charge on any atom is 0.322 e. The molecular weight excluding hydrogens is 373 g/mol. The standard InChI is InChI=1S/C17H28FN3O3SSi/c1-16(2,3)26(18,17(4,5)6)12-9-19-13(8-11(12)24-7)21-15(25)20-10-14(22)23/h8-9H,10H2,1-7H3,(H,22,23)(H2,19,20,21,25). The van der Waals surface area contributed by atoms with Crippen molar-refractivity contribution in [1.82, 2.24) is 10.3 Å². The number of nitrogens with one attached hydrogen (secondary N) is 2. The van der Waals surface area contributed by atoms with Crippen molar-refractivity contribution in [2.45, 2.75) is 51.6 Å². The average molecular weight is 402 g/mol. The smallest absolute Gasteiger partial charge is 0.322 e. The fourth-order valence-electron chi connectivity index (χ4n) is 3.18. The first kappa shape index (κ1) is 22.3. The van der Waals surface area contributed by atoms with Crippen LogP contribution in [0.1, 0.15) is 41.5 Å². The van der Waals surface area contributed by atoms with Crippen molar-refractivity contribution in [2.75, 3.05) is 19.0 Å². The number of carboxylic acids is 1. The molecule has 3 N–H and O–H groups in total. The van der Waals surface area contributed by atoms with Crippen molar-refractivity contribution in [3.8, 4) is 5.75 Å². The van der Waals surface area contributed by atoms with Crippen LogP contribution in [0.15, 0.2) is 12.3 Å². The Morgan fingerprint density at radius 1 is 1.31 bits per heavy atom. The quantitative estimate of drug-likeness (QED) is 0.397. The molecule has 0 atom stereocenters. The lowest BCUT2D eigenvalue weighted by Gasteiger charge is -2.45. The maximum absolute atomic E-state index is 16.5. The van der Waals surface area contributed by atoms with Gasteiger partial charge in [-0.2, -0.15) is 0 Å². The predicted molar refractivity (Wildman–Crippen MR) is 109 cm³/mol. The minimum Gasteiger partial charge on any atom is -0.497 e. The minimum atomic E-state index is -3.53. The van der Waals surface area contributed by atoms with Crippen LogP contribution in [0.3, 0.4) is 0 Å². The first-order chi connectivity index (χ1) is 11.7. The number of aliphatic carboxylic acids is 1. The second-order valence-electron chi connectivity index (χ2n) is 8.13. The van der Waals surface area contributed by atoms with Crippen LogP contribution in [0.5, 0.6) is 5.75 Å². The third-order valence-corrected chi connectivity index (χ3v) is 9.66. The van der Waals surface area contributed by atoms with Gasteiger partial charge in [-0.15, -0.1) is 0 Å².